The van der Waals surface area contributed by atoms with Gasteiger partial charge in [0.25, 0.3) is 10.2 Å². The summed E-state index contributed by atoms with van der Waals surface area (Å²) in [6.45, 7) is 2.29. The van der Waals surface area contributed by atoms with Crippen LogP contribution in [-0.4, -0.2) is 31.9 Å². The first kappa shape index (κ1) is 11.4. The van der Waals surface area contributed by atoms with Crippen LogP contribution < -0.4 is 4.72 Å². The van der Waals surface area contributed by atoms with Gasteiger partial charge in [0, 0.05) is 12.6 Å². The zero-order chi connectivity index (χ0) is 10.6. The molecule has 0 aromatic carbocycles. The number of rotatable bonds is 3. The number of nitriles is 1. The van der Waals surface area contributed by atoms with Crippen molar-refractivity contribution in [2.75, 3.05) is 13.1 Å². The Kier molecular flexibility index (Phi) is 3.86. The molecule has 1 saturated heterocycles. The van der Waals surface area contributed by atoms with Crippen LogP contribution in [0.25, 0.3) is 0 Å². The summed E-state index contributed by atoms with van der Waals surface area (Å²) in [5.74, 6) is 0. The molecule has 1 atom stereocenters. The van der Waals surface area contributed by atoms with Crippen molar-refractivity contribution in [2.45, 2.75) is 32.2 Å². The van der Waals surface area contributed by atoms with Crippen LogP contribution in [0.5, 0.6) is 0 Å². The first-order valence-corrected chi connectivity index (χ1v) is 6.15. The smallest absolute Gasteiger partial charge is 0.197 e. The van der Waals surface area contributed by atoms with Gasteiger partial charge in [-0.1, -0.05) is 6.42 Å². The largest absolute Gasteiger partial charge is 0.280 e. The molecule has 1 N–H and O–H groups in total. The minimum absolute atomic E-state index is 0.0416. The molecule has 1 aliphatic heterocycles. The van der Waals surface area contributed by atoms with Crippen molar-refractivity contribution in [3.63, 3.8) is 0 Å². The SMILES string of the molecule is CC1CCCCN1S(=O)(=O)NCC#N. The molecular weight excluding hydrogens is 202 g/mol. The van der Waals surface area contributed by atoms with Gasteiger partial charge in [-0.25, -0.2) is 0 Å². The number of nitrogens with one attached hydrogen (secondary N) is 1. The van der Waals surface area contributed by atoms with Gasteiger partial charge in [-0.05, 0) is 19.8 Å². The average molecular weight is 217 g/mol. The van der Waals surface area contributed by atoms with Gasteiger partial charge < -0.3 is 0 Å². The summed E-state index contributed by atoms with van der Waals surface area (Å²) < 4.78 is 26.9. The van der Waals surface area contributed by atoms with Crippen molar-refractivity contribution in [3.8, 4) is 6.07 Å². The van der Waals surface area contributed by atoms with E-state index in [2.05, 4.69) is 4.72 Å². The van der Waals surface area contributed by atoms with Crippen molar-refractivity contribution < 1.29 is 8.42 Å². The van der Waals surface area contributed by atoms with Gasteiger partial charge in [-0.2, -0.15) is 22.7 Å². The van der Waals surface area contributed by atoms with Gasteiger partial charge in [0.1, 0.15) is 0 Å². The fourth-order valence-electron chi connectivity index (χ4n) is 1.64. The van der Waals surface area contributed by atoms with Crippen molar-refractivity contribution in [1.82, 2.24) is 9.03 Å². The summed E-state index contributed by atoms with van der Waals surface area (Å²) in [6, 6.07) is 1.80. The van der Waals surface area contributed by atoms with Gasteiger partial charge in [0.2, 0.25) is 0 Å². The van der Waals surface area contributed by atoms with E-state index in [0.717, 1.165) is 19.3 Å². The Morgan fingerprint density at radius 3 is 2.86 bits per heavy atom. The van der Waals surface area contributed by atoms with E-state index in [1.54, 1.807) is 6.07 Å². The minimum Gasteiger partial charge on any atom is -0.197 e. The first-order chi connectivity index (χ1) is 6.58. The van der Waals surface area contributed by atoms with Gasteiger partial charge in [0.05, 0.1) is 12.6 Å². The lowest BCUT2D eigenvalue weighted by molar-refractivity contribution is 0.266. The second-order valence-electron chi connectivity index (χ2n) is 3.44. The minimum atomic E-state index is -3.43. The maximum Gasteiger partial charge on any atom is 0.280 e. The molecule has 80 valence electrons. The third-order valence-electron chi connectivity index (χ3n) is 2.38. The molecule has 1 unspecified atom stereocenters. The number of hydrogen-bond donors (Lipinski definition) is 1. The number of nitrogens with zero attached hydrogens (tertiary/aromatic N) is 2. The van der Waals surface area contributed by atoms with Crippen molar-refractivity contribution in [1.29, 1.82) is 5.26 Å². The predicted octanol–water partition coefficient (Wildman–Crippen LogP) is 0.219. The van der Waals surface area contributed by atoms with Gasteiger partial charge in [-0.3, -0.25) is 0 Å². The topological polar surface area (TPSA) is 73.2 Å². The zero-order valence-electron chi connectivity index (χ0n) is 8.23. The zero-order valence-corrected chi connectivity index (χ0v) is 9.05. The molecule has 1 heterocycles. The van der Waals surface area contributed by atoms with Crippen LogP contribution >= 0.6 is 0 Å². The van der Waals surface area contributed by atoms with Crippen LogP contribution in [0.1, 0.15) is 26.2 Å². The molecule has 0 aromatic rings. The average Bonchev–Trinajstić information content (AvgIpc) is 2.15. The lowest BCUT2D eigenvalue weighted by Gasteiger charge is -2.31. The molecule has 6 heteroatoms. The summed E-state index contributed by atoms with van der Waals surface area (Å²) in [4.78, 5) is 0. The van der Waals surface area contributed by atoms with Crippen molar-refractivity contribution >= 4 is 10.2 Å². The Morgan fingerprint density at radius 2 is 2.29 bits per heavy atom. The maximum absolute atomic E-state index is 11.6. The van der Waals surface area contributed by atoms with E-state index in [-0.39, 0.29) is 12.6 Å². The van der Waals surface area contributed by atoms with E-state index < -0.39 is 10.2 Å². The quantitative estimate of drug-likeness (QED) is 0.687. The lowest BCUT2D eigenvalue weighted by atomic mass is 10.1. The summed E-state index contributed by atoms with van der Waals surface area (Å²) in [5, 5.41) is 8.30. The Labute approximate surface area is 84.9 Å². The monoisotopic (exact) mass is 217 g/mol. The van der Waals surface area contributed by atoms with Crippen LogP contribution in [0.2, 0.25) is 0 Å². The van der Waals surface area contributed by atoms with Gasteiger partial charge in [0.15, 0.2) is 0 Å². The molecule has 0 spiro atoms. The maximum atomic E-state index is 11.6. The molecule has 0 saturated carbocycles. The summed E-state index contributed by atoms with van der Waals surface area (Å²) in [5.41, 5.74) is 0. The second-order valence-corrected chi connectivity index (χ2v) is 5.15. The molecule has 0 aromatic heterocycles. The number of piperidine rings is 1. The van der Waals surface area contributed by atoms with E-state index in [9.17, 15) is 8.42 Å². The standard InChI is InChI=1S/C8H15N3O2S/c1-8-4-2-3-7-11(8)14(12,13)10-6-5-9/h8,10H,2-4,6-7H2,1H3. The highest BCUT2D eigenvalue weighted by atomic mass is 32.2. The normalized spacial score (nSPS) is 24.4. The fraction of sp³-hybridized carbons (Fsp3) is 0.875. The number of hydrogen-bond acceptors (Lipinski definition) is 3. The van der Waals surface area contributed by atoms with E-state index in [1.807, 2.05) is 6.92 Å². The second kappa shape index (κ2) is 4.73. The van der Waals surface area contributed by atoms with Crippen LogP contribution in [0.4, 0.5) is 0 Å². The van der Waals surface area contributed by atoms with Crippen LogP contribution in [0.15, 0.2) is 0 Å². The summed E-state index contributed by atoms with van der Waals surface area (Å²) in [6.07, 6.45) is 2.87. The van der Waals surface area contributed by atoms with Gasteiger partial charge >= 0.3 is 0 Å². The molecule has 1 fully saturated rings. The molecule has 0 radical (unpaired) electrons. The predicted molar refractivity (Wildman–Crippen MR) is 52.6 cm³/mol. The first-order valence-electron chi connectivity index (χ1n) is 4.71. The molecule has 14 heavy (non-hydrogen) atoms. The third kappa shape index (κ3) is 2.67. The highest BCUT2D eigenvalue weighted by molar-refractivity contribution is 7.87. The van der Waals surface area contributed by atoms with E-state index >= 15 is 0 Å². The molecule has 0 amide bonds. The Balaban J connectivity index is 2.66. The molecule has 0 bridgehead atoms. The molecule has 5 nitrogen and oxygen atoms in total. The van der Waals surface area contributed by atoms with Crippen LogP contribution in [0, 0.1) is 11.3 Å². The molecule has 0 aliphatic carbocycles. The summed E-state index contributed by atoms with van der Waals surface area (Å²) in [7, 11) is -3.43. The molecular formula is C8H15N3O2S. The fourth-order valence-corrected chi connectivity index (χ4v) is 3.00. The Hall–Kier alpha value is -0.640. The molecule has 1 aliphatic rings. The Morgan fingerprint density at radius 1 is 1.57 bits per heavy atom. The highest BCUT2D eigenvalue weighted by Gasteiger charge is 2.28. The van der Waals surface area contributed by atoms with E-state index in [1.165, 1.54) is 4.31 Å². The van der Waals surface area contributed by atoms with E-state index in [4.69, 9.17) is 5.26 Å². The van der Waals surface area contributed by atoms with Gasteiger partial charge in [-0.15, -0.1) is 0 Å². The highest BCUT2D eigenvalue weighted by Crippen LogP contribution is 2.18. The lowest BCUT2D eigenvalue weighted by Crippen LogP contribution is -2.47. The Bertz CT molecular complexity index is 320. The van der Waals surface area contributed by atoms with Crippen molar-refractivity contribution in [3.05, 3.63) is 0 Å². The third-order valence-corrected chi connectivity index (χ3v) is 4.05. The van der Waals surface area contributed by atoms with Crippen molar-refractivity contribution in [2.24, 2.45) is 0 Å². The summed E-state index contributed by atoms with van der Waals surface area (Å²) >= 11 is 0. The molecule has 1 rings (SSSR count). The van der Waals surface area contributed by atoms with Crippen LogP contribution in [-0.2, 0) is 10.2 Å². The van der Waals surface area contributed by atoms with E-state index in [0.29, 0.717) is 6.54 Å². The van der Waals surface area contributed by atoms with Crippen LogP contribution in [0.3, 0.4) is 0 Å².